The van der Waals surface area contributed by atoms with Crippen molar-refractivity contribution in [2.24, 2.45) is 0 Å². The van der Waals surface area contributed by atoms with Gasteiger partial charge < -0.3 is 14.8 Å². The molecule has 0 unspecified atom stereocenters. The summed E-state index contributed by atoms with van der Waals surface area (Å²) in [5.74, 6) is 0.0951. The van der Waals surface area contributed by atoms with E-state index in [1.54, 1.807) is 0 Å². The minimum Gasteiger partial charge on any atom is -0.368 e. The molecule has 0 radical (unpaired) electrons. The molecule has 0 aliphatic carbocycles. The van der Waals surface area contributed by atoms with E-state index in [0.29, 0.717) is 5.69 Å². The van der Waals surface area contributed by atoms with E-state index in [1.165, 1.54) is 16.8 Å². The highest BCUT2D eigenvalue weighted by atomic mass is 16.2. The quantitative estimate of drug-likeness (QED) is 0.776. The first kappa shape index (κ1) is 15.8. The Morgan fingerprint density at radius 2 is 1.68 bits per heavy atom. The highest BCUT2D eigenvalue weighted by Gasteiger charge is 2.23. The van der Waals surface area contributed by atoms with Crippen LogP contribution in [0, 0.1) is 13.8 Å². The van der Waals surface area contributed by atoms with Gasteiger partial charge in [-0.3, -0.25) is 4.79 Å². The molecule has 3 aromatic rings. The van der Waals surface area contributed by atoms with Gasteiger partial charge in [-0.25, -0.2) is 0 Å². The van der Waals surface area contributed by atoms with Crippen molar-refractivity contribution in [3.05, 3.63) is 65.4 Å². The zero-order valence-electron chi connectivity index (χ0n) is 14.7. The number of aromatic amines is 1. The Morgan fingerprint density at radius 3 is 2.44 bits per heavy atom. The van der Waals surface area contributed by atoms with Crippen LogP contribution in [0.15, 0.2) is 48.5 Å². The van der Waals surface area contributed by atoms with Crippen LogP contribution in [-0.4, -0.2) is 42.0 Å². The van der Waals surface area contributed by atoms with Crippen molar-refractivity contribution < 1.29 is 4.79 Å². The second kappa shape index (κ2) is 6.28. The molecule has 4 rings (SSSR count). The number of hydrogen-bond donors (Lipinski definition) is 1. The van der Waals surface area contributed by atoms with E-state index < -0.39 is 0 Å². The molecule has 2 heterocycles. The van der Waals surface area contributed by atoms with Gasteiger partial charge in [0.2, 0.25) is 0 Å². The van der Waals surface area contributed by atoms with Gasteiger partial charge in [0.15, 0.2) is 0 Å². The van der Waals surface area contributed by atoms with Gasteiger partial charge >= 0.3 is 0 Å². The maximum absolute atomic E-state index is 12.8. The fraction of sp³-hybridized carbons (Fsp3) is 0.286. The van der Waals surface area contributed by atoms with E-state index >= 15 is 0 Å². The number of H-pyrrole nitrogens is 1. The molecule has 128 valence electrons. The third kappa shape index (κ3) is 3.12. The Bertz CT molecular complexity index is 920. The van der Waals surface area contributed by atoms with Crippen molar-refractivity contribution in [2.45, 2.75) is 13.8 Å². The standard InChI is InChI=1S/C21H23N3O/c1-15-4-3-5-18(13-15)23-8-10-24(11-9-23)21(25)20-14-17-12-16(2)6-7-19(17)22-20/h3-7,12-14,22H,8-11H2,1-2H3. The number of piperazine rings is 1. The van der Waals surface area contributed by atoms with E-state index in [4.69, 9.17) is 0 Å². The molecule has 1 saturated heterocycles. The van der Waals surface area contributed by atoms with Crippen molar-refractivity contribution in [1.29, 1.82) is 0 Å². The number of hydrogen-bond acceptors (Lipinski definition) is 2. The molecular formula is C21H23N3O. The van der Waals surface area contributed by atoms with Crippen LogP contribution in [0.5, 0.6) is 0 Å². The molecule has 1 aliphatic heterocycles. The number of carbonyl (C=O) groups excluding carboxylic acids is 1. The van der Waals surface area contributed by atoms with Crippen LogP contribution in [0.25, 0.3) is 10.9 Å². The predicted octanol–water partition coefficient (Wildman–Crippen LogP) is 3.75. The van der Waals surface area contributed by atoms with Crippen molar-refractivity contribution in [3.63, 3.8) is 0 Å². The fourth-order valence-electron chi connectivity index (χ4n) is 3.53. The van der Waals surface area contributed by atoms with Crippen molar-refractivity contribution in [1.82, 2.24) is 9.88 Å². The first-order valence-electron chi connectivity index (χ1n) is 8.80. The topological polar surface area (TPSA) is 39.3 Å². The zero-order chi connectivity index (χ0) is 17.4. The molecule has 1 N–H and O–H groups in total. The number of fused-ring (bicyclic) bond motifs is 1. The average Bonchev–Trinajstić information content (AvgIpc) is 3.04. The van der Waals surface area contributed by atoms with Gasteiger partial charge in [0.05, 0.1) is 0 Å². The summed E-state index contributed by atoms with van der Waals surface area (Å²) in [5, 5.41) is 1.10. The van der Waals surface area contributed by atoms with Gasteiger partial charge in [0.25, 0.3) is 5.91 Å². The monoisotopic (exact) mass is 333 g/mol. The molecule has 1 fully saturated rings. The van der Waals surface area contributed by atoms with Crippen LogP contribution in [-0.2, 0) is 0 Å². The summed E-state index contributed by atoms with van der Waals surface area (Å²) in [7, 11) is 0. The normalized spacial score (nSPS) is 15.0. The number of anilines is 1. The summed E-state index contributed by atoms with van der Waals surface area (Å²) in [6.07, 6.45) is 0. The van der Waals surface area contributed by atoms with E-state index in [1.807, 2.05) is 17.0 Å². The molecule has 0 saturated carbocycles. The molecule has 4 heteroatoms. The second-order valence-corrected chi connectivity index (χ2v) is 6.89. The molecular weight excluding hydrogens is 310 g/mol. The van der Waals surface area contributed by atoms with E-state index in [0.717, 1.165) is 37.1 Å². The Kier molecular flexibility index (Phi) is 3.96. The lowest BCUT2D eigenvalue weighted by molar-refractivity contribution is 0.0742. The first-order chi connectivity index (χ1) is 12.1. The molecule has 1 aromatic heterocycles. The second-order valence-electron chi connectivity index (χ2n) is 6.89. The lowest BCUT2D eigenvalue weighted by Crippen LogP contribution is -2.48. The van der Waals surface area contributed by atoms with Crippen molar-refractivity contribution in [3.8, 4) is 0 Å². The Hall–Kier alpha value is -2.75. The van der Waals surface area contributed by atoms with E-state index in [2.05, 4.69) is 60.1 Å². The number of carbonyl (C=O) groups is 1. The van der Waals surface area contributed by atoms with Crippen LogP contribution in [0.4, 0.5) is 5.69 Å². The number of amides is 1. The van der Waals surface area contributed by atoms with Gasteiger partial charge in [-0.15, -0.1) is 0 Å². The summed E-state index contributed by atoms with van der Waals surface area (Å²) >= 11 is 0. The molecule has 2 aromatic carbocycles. The third-order valence-electron chi connectivity index (χ3n) is 4.94. The molecule has 1 amide bonds. The predicted molar refractivity (Wildman–Crippen MR) is 102 cm³/mol. The average molecular weight is 333 g/mol. The molecule has 1 aliphatic rings. The van der Waals surface area contributed by atoms with Crippen LogP contribution < -0.4 is 4.90 Å². The highest BCUT2D eigenvalue weighted by Crippen LogP contribution is 2.21. The summed E-state index contributed by atoms with van der Waals surface area (Å²) in [5.41, 5.74) is 5.42. The van der Waals surface area contributed by atoms with Crippen LogP contribution in [0.3, 0.4) is 0 Å². The summed E-state index contributed by atoms with van der Waals surface area (Å²) in [4.78, 5) is 20.4. The lowest BCUT2D eigenvalue weighted by atomic mass is 10.1. The lowest BCUT2D eigenvalue weighted by Gasteiger charge is -2.36. The summed E-state index contributed by atoms with van der Waals surface area (Å²) < 4.78 is 0. The molecule has 0 spiro atoms. The molecule has 0 atom stereocenters. The Labute approximate surface area is 148 Å². The van der Waals surface area contributed by atoms with Crippen LogP contribution >= 0.6 is 0 Å². The fourth-order valence-corrected chi connectivity index (χ4v) is 3.53. The number of benzene rings is 2. The summed E-state index contributed by atoms with van der Waals surface area (Å²) in [6.45, 7) is 7.42. The number of aryl methyl sites for hydroxylation is 2. The highest BCUT2D eigenvalue weighted by molar-refractivity contribution is 5.98. The van der Waals surface area contributed by atoms with Crippen LogP contribution in [0.2, 0.25) is 0 Å². The molecule has 25 heavy (non-hydrogen) atoms. The maximum atomic E-state index is 12.8. The number of aromatic nitrogens is 1. The largest absolute Gasteiger partial charge is 0.368 e. The Morgan fingerprint density at radius 1 is 0.920 bits per heavy atom. The van der Waals surface area contributed by atoms with Gasteiger partial charge in [0.1, 0.15) is 5.69 Å². The minimum atomic E-state index is 0.0951. The smallest absolute Gasteiger partial charge is 0.270 e. The minimum absolute atomic E-state index is 0.0951. The van der Waals surface area contributed by atoms with Gasteiger partial charge in [0, 0.05) is 42.8 Å². The molecule has 0 bridgehead atoms. The van der Waals surface area contributed by atoms with Gasteiger partial charge in [-0.2, -0.15) is 0 Å². The first-order valence-corrected chi connectivity index (χ1v) is 8.80. The Balaban J connectivity index is 1.47. The number of rotatable bonds is 2. The third-order valence-corrected chi connectivity index (χ3v) is 4.94. The summed E-state index contributed by atoms with van der Waals surface area (Å²) in [6, 6.07) is 16.7. The zero-order valence-corrected chi connectivity index (χ0v) is 14.7. The van der Waals surface area contributed by atoms with Gasteiger partial charge in [-0.1, -0.05) is 23.8 Å². The molecule has 4 nitrogen and oxygen atoms in total. The van der Waals surface area contributed by atoms with Crippen molar-refractivity contribution >= 4 is 22.5 Å². The van der Waals surface area contributed by atoms with E-state index in [9.17, 15) is 4.79 Å². The SMILES string of the molecule is Cc1cccc(N2CCN(C(=O)c3cc4cc(C)ccc4[nH]3)CC2)c1. The number of nitrogens with zero attached hydrogens (tertiary/aromatic N) is 2. The van der Waals surface area contributed by atoms with Crippen molar-refractivity contribution in [2.75, 3.05) is 31.1 Å². The van der Waals surface area contributed by atoms with Gasteiger partial charge in [-0.05, 0) is 49.7 Å². The maximum Gasteiger partial charge on any atom is 0.270 e. The van der Waals surface area contributed by atoms with Crippen LogP contribution in [0.1, 0.15) is 21.6 Å². The number of nitrogens with one attached hydrogen (secondary N) is 1. The van der Waals surface area contributed by atoms with E-state index in [-0.39, 0.29) is 5.91 Å².